The van der Waals surface area contributed by atoms with E-state index in [1.807, 2.05) is 49.4 Å². The van der Waals surface area contributed by atoms with Gasteiger partial charge in [-0.15, -0.1) is 0 Å². The van der Waals surface area contributed by atoms with Crippen molar-refractivity contribution in [2.75, 3.05) is 18.5 Å². The van der Waals surface area contributed by atoms with E-state index in [-0.39, 0.29) is 6.03 Å². The van der Waals surface area contributed by atoms with Crippen molar-refractivity contribution in [3.63, 3.8) is 0 Å². The fourth-order valence-corrected chi connectivity index (χ4v) is 2.00. The fourth-order valence-electron chi connectivity index (χ4n) is 2.00. The molecule has 0 saturated heterocycles. The van der Waals surface area contributed by atoms with Gasteiger partial charge >= 0.3 is 6.03 Å². The van der Waals surface area contributed by atoms with Crippen LogP contribution < -0.4 is 10.6 Å². The second-order valence-electron chi connectivity index (χ2n) is 4.75. The molecule has 2 aromatic rings. The number of amides is 2. The van der Waals surface area contributed by atoms with Gasteiger partial charge in [-0.25, -0.2) is 4.79 Å². The Kier molecular flexibility index (Phi) is 6.39. The number of rotatable bonds is 7. The van der Waals surface area contributed by atoms with Crippen molar-refractivity contribution in [1.82, 2.24) is 10.3 Å². The molecule has 0 aliphatic rings. The molecular formula is C17H21N3O2. The Labute approximate surface area is 130 Å². The average Bonchev–Trinajstić information content (AvgIpc) is 2.55. The van der Waals surface area contributed by atoms with Crippen LogP contribution in [0.15, 0.2) is 48.7 Å². The fraction of sp³-hybridized carbons (Fsp3) is 0.294. The molecule has 1 aromatic carbocycles. The van der Waals surface area contributed by atoms with Gasteiger partial charge in [-0.05, 0) is 25.1 Å². The number of carbonyl (C=O) groups excluding carboxylic acids is 1. The van der Waals surface area contributed by atoms with Crippen molar-refractivity contribution in [1.29, 1.82) is 0 Å². The van der Waals surface area contributed by atoms with E-state index in [1.54, 1.807) is 6.20 Å². The lowest BCUT2D eigenvalue weighted by Crippen LogP contribution is -2.31. The molecule has 0 radical (unpaired) electrons. The summed E-state index contributed by atoms with van der Waals surface area (Å²) in [6.07, 6.45) is 2.45. The molecule has 5 heteroatoms. The average molecular weight is 299 g/mol. The molecule has 1 heterocycles. The highest BCUT2D eigenvalue weighted by Gasteiger charge is 2.06. The van der Waals surface area contributed by atoms with E-state index in [9.17, 15) is 4.79 Å². The maximum absolute atomic E-state index is 11.9. The second kappa shape index (κ2) is 8.79. The molecule has 2 N–H and O–H groups in total. The van der Waals surface area contributed by atoms with Gasteiger partial charge in [0, 0.05) is 42.7 Å². The van der Waals surface area contributed by atoms with Crippen molar-refractivity contribution in [2.45, 2.75) is 20.0 Å². The first kappa shape index (κ1) is 16.0. The van der Waals surface area contributed by atoms with E-state index in [0.29, 0.717) is 26.2 Å². The summed E-state index contributed by atoms with van der Waals surface area (Å²) in [6.45, 7) is 3.61. The normalized spacial score (nSPS) is 10.2. The topological polar surface area (TPSA) is 63.2 Å². The Balaban J connectivity index is 1.81. The van der Waals surface area contributed by atoms with Crippen molar-refractivity contribution >= 4 is 11.7 Å². The summed E-state index contributed by atoms with van der Waals surface area (Å²) < 4.78 is 5.40. The lowest BCUT2D eigenvalue weighted by atomic mass is 10.2. The molecule has 116 valence electrons. The van der Waals surface area contributed by atoms with Gasteiger partial charge < -0.3 is 15.4 Å². The third kappa shape index (κ3) is 5.18. The standard InChI is InChI=1S/C17H21N3O2/c1-2-22-13-14-7-3-4-9-16(14)20-17(21)19-12-10-15-8-5-6-11-18-15/h3-9,11H,2,10,12-13H2,1H3,(H2,19,20,21). The molecule has 2 rings (SSSR count). The summed E-state index contributed by atoms with van der Waals surface area (Å²) >= 11 is 0. The van der Waals surface area contributed by atoms with Gasteiger partial charge in [0.2, 0.25) is 0 Å². The van der Waals surface area contributed by atoms with Crippen LogP contribution in [0.5, 0.6) is 0 Å². The van der Waals surface area contributed by atoms with Crippen LogP contribution >= 0.6 is 0 Å². The Bertz CT molecular complexity index is 587. The van der Waals surface area contributed by atoms with Crippen LogP contribution in [0.25, 0.3) is 0 Å². The number of carbonyl (C=O) groups is 1. The molecule has 0 spiro atoms. The molecule has 5 nitrogen and oxygen atoms in total. The molecule has 0 aliphatic carbocycles. The smallest absolute Gasteiger partial charge is 0.319 e. The van der Waals surface area contributed by atoms with Gasteiger partial charge in [0.1, 0.15) is 0 Å². The molecule has 2 amide bonds. The Morgan fingerprint density at radius 2 is 2.00 bits per heavy atom. The zero-order valence-electron chi connectivity index (χ0n) is 12.7. The van der Waals surface area contributed by atoms with Crippen molar-refractivity contribution < 1.29 is 9.53 Å². The minimum absolute atomic E-state index is 0.222. The number of hydrogen-bond acceptors (Lipinski definition) is 3. The van der Waals surface area contributed by atoms with Crippen LogP contribution in [0.4, 0.5) is 10.5 Å². The zero-order chi connectivity index (χ0) is 15.6. The highest BCUT2D eigenvalue weighted by atomic mass is 16.5. The number of nitrogens with one attached hydrogen (secondary N) is 2. The predicted molar refractivity (Wildman–Crippen MR) is 86.7 cm³/mol. The molecule has 1 aromatic heterocycles. The van der Waals surface area contributed by atoms with Crippen LogP contribution in [-0.2, 0) is 17.8 Å². The summed E-state index contributed by atoms with van der Waals surface area (Å²) in [7, 11) is 0. The van der Waals surface area contributed by atoms with Gasteiger partial charge in [0.15, 0.2) is 0 Å². The Morgan fingerprint density at radius 3 is 2.77 bits per heavy atom. The maximum Gasteiger partial charge on any atom is 0.319 e. The number of hydrogen-bond donors (Lipinski definition) is 2. The molecule has 22 heavy (non-hydrogen) atoms. The van der Waals surface area contributed by atoms with Crippen molar-refractivity contribution in [3.05, 3.63) is 59.9 Å². The van der Waals surface area contributed by atoms with Crippen LogP contribution in [-0.4, -0.2) is 24.2 Å². The van der Waals surface area contributed by atoms with Gasteiger partial charge in [0.05, 0.1) is 6.61 Å². The molecule has 0 aliphatic heterocycles. The van der Waals surface area contributed by atoms with Gasteiger partial charge in [-0.2, -0.15) is 0 Å². The van der Waals surface area contributed by atoms with E-state index < -0.39 is 0 Å². The summed E-state index contributed by atoms with van der Waals surface area (Å²) in [4.78, 5) is 16.2. The van der Waals surface area contributed by atoms with Crippen LogP contribution in [0.2, 0.25) is 0 Å². The number of benzene rings is 1. The highest BCUT2D eigenvalue weighted by Crippen LogP contribution is 2.15. The molecule has 0 fully saturated rings. The SMILES string of the molecule is CCOCc1ccccc1NC(=O)NCCc1ccccn1. The summed E-state index contributed by atoms with van der Waals surface area (Å²) in [6, 6.07) is 13.2. The van der Waals surface area contributed by atoms with Crippen molar-refractivity contribution in [2.24, 2.45) is 0 Å². The molecule has 0 atom stereocenters. The molecule has 0 saturated carbocycles. The number of aromatic nitrogens is 1. The van der Waals surface area contributed by atoms with Gasteiger partial charge in [-0.1, -0.05) is 24.3 Å². The van der Waals surface area contributed by atoms with E-state index in [2.05, 4.69) is 15.6 Å². The third-order valence-electron chi connectivity index (χ3n) is 3.12. The number of pyridine rings is 1. The predicted octanol–water partition coefficient (Wildman–Crippen LogP) is 2.98. The lowest BCUT2D eigenvalue weighted by molar-refractivity contribution is 0.134. The summed E-state index contributed by atoms with van der Waals surface area (Å²) in [5.41, 5.74) is 2.69. The number of para-hydroxylation sites is 1. The zero-order valence-corrected chi connectivity index (χ0v) is 12.7. The minimum Gasteiger partial charge on any atom is -0.377 e. The monoisotopic (exact) mass is 299 g/mol. The van der Waals surface area contributed by atoms with Crippen molar-refractivity contribution in [3.8, 4) is 0 Å². The van der Waals surface area contributed by atoms with E-state index in [4.69, 9.17) is 4.74 Å². The number of nitrogens with zero attached hydrogens (tertiary/aromatic N) is 1. The first-order valence-electron chi connectivity index (χ1n) is 7.40. The molecular weight excluding hydrogens is 278 g/mol. The van der Waals surface area contributed by atoms with E-state index in [0.717, 1.165) is 16.9 Å². The van der Waals surface area contributed by atoms with Gasteiger partial charge in [0.25, 0.3) is 0 Å². The number of urea groups is 1. The summed E-state index contributed by atoms with van der Waals surface area (Å²) in [5, 5.41) is 5.69. The van der Waals surface area contributed by atoms with Crippen LogP contribution in [0.3, 0.4) is 0 Å². The quantitative estimate of drug-likeness (QED) is 0.826. The second-order valence-corrected chi connectivity index (χ2v) is 4.75. The lowest BCUT2D eigenvalue weighted by Gasteiger charge is -2.12. The first-order valence-corrected chi connectivity index (χ1v) is 7.40. The Hall–Kier alpha value is -2.40. The first-order chi connectivity index (χ1) is 10.8. The Morgan fingerprint density at radius 1 is 1.18 bits per heavy atom. The molecule has 0 bridgehead atoms. The largest absolute Gasteiger partial charge is 0.377 e. The van der Waals surface area contributed by atoms with Crippen LogP contribution in [0, 0.1) is 0 Å². The van der Waals surface area contributed by atoms with Gasteiger partial charge in [-0.3, -0.25) is 4.98 Å². The van der Waals surface area contributed by atoms with E-state index >= 15 is 0 Å². The van der Waals surface area contributed by atoms with E-state index in [1.165, 1.54) is 0 Å². The van der Waals surface area contributed by atoms with Crippen LogP contribution in [0.1, 0.15) is 18.2 Å². The minimum atomic E-state index is -0.222. The number of ether oxygens (including phenoxy) is 1. The third-order valence-corrected chi connectivity index (χ3v) is 3.12. The number of anilines is 1. The maximum atomic E-state index is 11.9. The highest BCUT2D eigenvalue weighted by molar-refractivity contribution is 5.90. The summed E-state index contributed by atoms with van der Waals surface area (Å²) in [5.74, 6) is 0. The molecule has 0 unspecified atom stereocenters.